The van der Waals surface area contributed by atoms with E-state index in [9.17, 15) is 0 Å². The van der Waals surface area contributed by atoms with Gasteiger partial charge in [-0.25, -0.2) is 0 Å². The van der Waals surface area contributed by atoms with E-state index in [1.807, 2.05) is 0 Å². The summed E-state index contributed by atoms with van der Waals surface area (Å²) in [6.07, 6.45) is 1.88. The second kappa shape index (κ2) is 5.84. The summed E-state index contributed by atoms with van der Waals surface area (Å²) in [7, 11) is 2.17. The second-order valence-corrected chi connectivity index (χ2v) is 6.36. The lowest BCUT2D eigenvalue weighted by atomic mass is 9.94. The highest BCUT2D eigenvalue weighted by Crippen LogP contribution is 2.24. The molecule has 1 saturated heterocycles. The van der Waals surface area contributed by atoms with Gasteiger partial charge in [-0.15, -0.1) is 0 Å². The fourth-order valence-electron chi connectivity index (χ4n) is 2.41. The van der Waals surface area contributed by atoms with E-state index in [-0.39, 0.29) is 5.54 Å². The summed E-state index contributed by atoms with van der Waals surface area (Å²) in [5.41, 5.74) is 0.225. The molecule has 0 aromatic rings. The third kappa shape index (κ3) is 3.97. The second-order valence-electron chi connectivity index (χ2n) is 6.36. The number of hydrogen-bond donors (Lipinski definition) is 0. The summed E-state index contributed by atoms with van der Waals surface area (Å²) in [5, 5.41) is 8.93. The summed E-state index contributed by atoms with van der Waals surface area (Å²) in [5.74, 6) is 0.737. The van der Waals surface area contributed by atoms with Gasteiger partial charge in [0.25, 0.3) is 0 Å². The highest BCUT2D eigenvalue weighted by molar-refractivity contribution is 4.96. The van der Waals surface area contributed by atoms with Crippen molar-refractivity contribution in [3.05, 3.63) is 0 Å². The topological polar surface area (TPSA) is 30.3 Å². The molecule has 0 aliphatic carbocycles. The van der Waals surface area contributed by atoms with Gasteiger partial charge >= 0.3 is 0 Å². The average molecular weight is 237 g/mol. The molecule has 0 aromatic heterocycles. The molecule has 0 spiro atoms. The van der Waals surface area contributed by atoms with Gasteiger partial charge in [0.05, 0.1) is 12.5 Å². The van der Waals surface area contributed by atoms with Gasteiger partial charge in [0.1, 0.15) is 0 Å². The highest BCUT2D eigenvalue weighted by atomic mass is 15.3. The maximum atomic E-state index is 8.93. The Morgan fingerprint density at radius 2 is 2.06 bits per heavy atom. The lowest BCUT2D eigenvalue weighted by molar-refractivity contribution is -0.00155. The number of nitrogens with zero attached hydrogens (tertiary/aromatic N) is 3. The van der Waals surface area contributed by atoms with Crippen LogP contribution in [0.25, 0.3) is 0 Å². The van der Waals surface area contributed by atoms with Crippen LogP contribution in [0.15, 0.2) is 0 Å². The number of likely N-dealkylation sites (N-methyl/N-ethyl adjacent to an activating group) is 1. The first-order valence-corrected chi connectivity index (χ1v) is 6.69. The van der Waals surface area contributed by atoms with Crippen LogP contribution in [0.4, 0.5) is 0 Å². The Hall–Kier alpha value is -0.590. The molecule has 3 nitrogen and oxygen atoms in total. The van der Waals surface area contributed by atoms with Crippen molar-refractivity contribution in [3.63, 3.8) is 0 Å². The zero-order valence-corrected chi connectivity index (χ0v) is 12.0. The van der Waals surface area contributed by atoms with Crippen LogP contribution in [0.1, 0.15) is 40.5 Å². The van der Waals surface area contributed by atoms with Crippen LogP contribution in [0.2, 0.25) is 0 Å². The lowest BCUT2D eigenvalue weighted by Crippen LogP contribution is -2.62. The van der Waals surface area contributed by atoms with Gasteiger partial charge in [-0.3, -0.25) is 9.80 Å². The molecule has 1 atom stereocenters. The molecule has 1 fully saturated rings. The molecule has 17 heavy (non-hydrogen) atoms. The van der Waals surface area contributed by atoms with E-state index in [1.54, 1.807) is 0 Å². The predicted molar refractivity (Wildman–Crippen MR) is 71.8 cm³/mol. The van der Waals surface area contributed by atoms with Crippen LogP contribution in [-0.4, -0.2) is 48.1 Å². The smallest absolute Gasteiger partial charge is 0.0638 e. The van der Waals surface area contributed by atoms with Gasteiger partial charge in [-0.2, -0.15) is 5.26 Å². The Morgan fingerprint density at radius 3 is 2.59 bits per heavy atom. The SMILES string of the molecule is CC(C)CCN1CC(C)(C)N(C)CC1CC#N. The molecule has 0 amide bonds. The maximum absolute atomic E-state index is 8.93. The largest absolute Gasteiger partial charge is 0.298 e. The van der Waals surface area contributed by atoms with Crippen molar-refractivity contribution in [2.24, 2.45) is 5.92 Å². The third-order valence-electron chi connectivity index (χ3n) is 3.94. The van der Waals surface area contributed by atoms with Gasteiger partial charge in [0, 0.05) is 24.7 Å². The molecule has 1 heterocycles. The predicted octanol–water partition coefficient (Wildman–Crippen LogP) is 2.34. The summed E-state index contributed by atoms with van der Waals surface area (Å²) in [6, 6.07) is 2.75. The Kier molecular flexibility index (Phi) is 4.97. The van der Waals surface area contributed by atoms with Crippen LogP contribution in [-0.2, 0) is 0 Å². The first-order valence-electron chi connectivity index (χ1n) is 6.69. The molecule has 0 N–H and O–H groups in total. The van der Waals surface area contributed by atoms with E-state index in [0.717, 1.165) is 25.6 Å². The standard InChI is InChI=1S/C14H27N3/c1-12(2)7-9-17-11-14(3,4)16(5)10-13(17)6-8-15/h12-13H,6-7,9-11H2,1-5H3. The minimum absolute atomic E-state index is 0.225. The zero-order chi connectivity index (χ0) is 13.1. The van der Waals surface area contributed by atoms with Gasteiger partial charge in [-0.05, 0) is 39.8 Å². The molecule has 1 rings (SSSR count). The molecule has 0 radical (unpaired) electrons. The van der Waals surface area contributed by atoms with Crippen molar-refractivity contribution in [1.29, 1.82) is 5.26 Å². The number of hydrogen-bond acceptors (Lipinski definition) is 3. The van der Waals surface area contributed by atoms with E-state index in [2.05, 4.69) is 50.6 Å². The molecule has 1 unspecified atom stereocenters. The van der Waals surface area contributed by atoms with Gasteiger partial charge < -0.3 is 0 Å². The number of piperazine rings is 1. The Bertz CT molecular complexity index is 278. The van der Waals surface area contributed by atoms with Crippen LogP contribution < -0.4 is 0 Å². The summed E-state index contributed by atoms with van der Waals surface area (Å²) in [6.45, 7) is 12.3. The van der Waals surface area contributed by atoms with Crippen molar-refractivity contribution in [1.82, 2.24) is 9.80 Å². The third-order valence-corrected chi connectivity index (χ3v) is 3.94. The molecular weight excluding hydrogens is 210 g/mol. The van der Waals surface area contributed by atoms with Crippen molar-refractivity contribution in [2.45, 2.75) is 52.1 Å². The molecule has 1 aliphatic rings. The molecule has 98 valence electrons. The minimum atomic E-state index is 0.225. The van der Waals surface area contributed by atoms with Crippen LogP contribution in [0, 0.1) is 17.2 Å². The molecule has 0 aromatic carbocycles. The molecular formula is C14H27N3. The normalized spacial score (nSPS) is 26.1. The maximum Gasteiger partial charge on any atom is 0.0638 e. The molecule has 3 heteroatoms. The zero-order valence-electron chi connectivity index (χ0n) is 12.0. The van der Waals surface area contributed by atoms with Crippen LogP contribution in [0.5, 0.6) is 0 Å². The monoisotopic (exact) mass is 237 g/mol. The lowest BCUT2D eigenvalue weighted by Gasteiger charge is -2.49. The van der Waals surface area contributed by atoms with Crippen LogP contribution in [0.3, 0.4) is 0 Å². The van der Waals surface area contributed by atoms with Gasteiger partial charge in [0.15, 0.2) is 0 Å². The van der Waals surface area contributed by atoms with E-state index >= 15 is 0 Å². The molecule has 0 bridgehead atoms. The van der Waals surface area contributed by atoms with E-state index < -0.39 is 0 Å². The molecule has 1 aliphatic heterocycles. The van der Waals surface area contributed by atoms with Gasteiger partial charge in [0.2, 0.25) is 0 Å². The Labute approximate surface area is 106 Å². The fourth-order valence-corrected chi connectivity index (χ4v) is 2.41. The first-order chi connectivity index (χ1) is 7.86. The van der Waals surface area contributed by atoms with Crippen LogP contribution >= 0.6 is 0 Å². The first kappa shape index (κ1) is 14.5. The average Bonchev–Trinajstić information content (AvgIpc) is 2.21. The van der Waals surface area contributed by atoms with Crippen molar-refractivity contribution in [3.8, 4) is 6.07 Å². The van der Waals surface area contributed by atoms with Gasteiger partial charge in [-0.1, -0.05) is 13.8 Å². The van der Waals surface area contributed by atoms with Crippen molar-refractivity contribution < 1.29 is 0 Å². The minimum Gasteiger partial charge on any atom is -0.298 e. The highest BCUT2D eigenvalue weighted by Gasteiger charge is 2.36. The Balaban J connectivity index is 2.65. The van der Waals surface area contributed by atoms with E-state index in [0.29, 0.717) is 12.5 Å². The summed E-state index contributed by atoms with van der Waals surface area (Å²) < 4.78 is 0. The number of rotatable bonds is 4. The van der Waals surface area contributed by atoms with E-state index in [4.69, 9.17) is 5.26 Å². The van der Waals surface area contributed by atoms with E-state index in [1.165, 1.54) is 6.42 Å². The Morgan fingerprint density at radius 1 is 1.41 bits per heavy atom. The number of nitriles is 1. The quantitative estimate of drug-likeness (QED) is 0.752. The summed E-state index contributed by atoms with van der Waals surface area (Å²) >= 11 is 0. The molecule has 0 saturated carbocycles. The summed E-state index contributed by atoms with van der Waals surface area (Å²) in [4.78, 5) is 4.91. The van der Waals surface area contributed by atoms with Crippen molar-refractivity contribution >= 4 is 0 Å². The van der Waals surface area contributed by atoms with Crippen molar-refractivity contribution in [2.75, 3.05) is 26.7 Å². The fraction of sp³-hybridized carbons (Fsp3) is 0.929.